The van der Waals surface area contributed by atoms with E-state index < -0.39 is 0 Å². The highest BCUT2D eigenvalue weighted by atomic mass is 16.3. The van der Waals surface area contributed by atoms with Crippen molar-refractivity contribution in [1.29, 1.82) is 0 Å². The number of hydrogen-bond donors (Lipinski definition) is 2. The first kappa shape index (κ1) is 12.1. The lowest BCUT2D eigenvalue weighted by Gasteiger charge is -2.17. The molecule has 0 aliphatic rings. The number of para-hydroxylation sites is 2. The van der Waals surface area contributed by atoms with Crippen molar-refractivity contribution >= 4 is 11.0 Å². The highest BCUT2D eigenvalue weighted by Gasteiger charge is 2.18. The summed E-state index contributed by atoms with van der Waals surface area (Å²) in [6, 6.07) is 7.81. The first-order valence-corrected chi connectivity index (χ1v) is 5.96. The van der Waals surface area contributed by atoms with E-state index in [0.29, 0.717) is 12.5 Å². The molecule has 0 saturated heterocycles. The van der Waals surface area contributed by atoms with Crippen molar-refractivity contribution < 1.29 is 5.11 Å². The van der Waals surface area contributed by atoms with Gasteiger partial charge in [0.1, 0.15) is 5.82 Å². The zero-order valence-electron chi connectivity index (χ0n) is 10.3. The molecule has 2 rings (SSSR count). The summed E-state index contributed by atoms with van der Waals surface area (Å²) >= 11 is 0. The van der Waals surface area contributed by atoms with Crippen molar-refractivity contribution in [2.75, 3.05) is 6.61 Å². The van der Waals surface area contributed by atoms with Gasteiger partial charge in [0.25, 0.3) is 0 Å². The Bertz CT molecular complexity index is 504. The zero-order chi connectivity index (χ0) is 12.4. The quantitative estimate of drug-likeness (QED) is 0.844. The van der Waals surface area contributed by atoms with Crippen LogP contribution in [0.1, 0.15) is 25.7 Å². The molecular formula is C13H19N3O. The molecule has 1 atom stereocenters. The number of aromatic nitrogens is 2. The molecule has 92 valence electrons. The van der Waals surface area contributed by atoms with E-state index in [4.69, 9.17) is 10.8 Å². The molecule has 3 N–H and O–H groups in total. The van der Waals surface area contributed by atoms with Gasteiger partial charge in [-0.25, -0.2) is 4.98 Å². The SMILES string of the molecule is CC(C)[C@@H](N)c1nc2ccccc2n1CCO. The van der Waals surface area contributed by atoms with Crippen LogP contribution in [0.2, 0.25) is 0 Å². The number of rotatable bonds is 4. The number of benzene rings is 1. The molecule has 1 aromatic heterocycles. The van der Waals surface area contributed by atoms with Crippen molar-refractivity contribution in [3.05, 3.63) is 30.1 Å². The van der Waals surface area contributed by atoms with Crippen LogP contribution in [0.25, 0.3) is 11.0 Å². The summed E-state index contributed by atoms with van der Waals surface area (Å²) in [7, 11) is 0. The molecule has 4 nitrogen and oxygen atoms in total. The smallest absolute Gasteiger partial charge is 0.127 e. The summed E-state index contributed by atoms with van der Waals surface area (Å²) in [4.78, 5) is 4.58. The van der Waals surface area contributed by atoms with Crippen LogP contribution >= 0.6 is 0 Å². The Kier molecular flexibility index (Phi) is 3.45. The lowest BCUT2D eigenvalue weighted by molar-refractivity contribution is 0.273. The van der Waals surface area contributed by atoms with Gasteiger partial charge < -0.3 is 15.4 Å². The molecule has 0 fully saturated rings. The van der Waals surface area contributed by atoms with Crippen LogP contribution in [0.4, 0.5) is 0 Å². The fraction of sp³-hybridized carbons (Fsp3) is 0.462. The Morgan fingerprint density at radius 1 is 1.35 bits per heavy atom. The molecular weight excluding hydrogens is 214 g/mol. The summed E-state index contributed by atoms with van der Waals surface area (Å²) in [5.74, 6) is 1.18. The van der Waals surface area contributed by atoms with E-state index in [2.05, 4.69) is 18.8 Å². The van der Waals surface area contributed by atoms with E-state index in [9.17, 15) is 0 Å². The maximum Gasteiger partial charge on any atom is 0.127 e. The van der Waals surface area contributed by atoms with E-state index in [1.54, 1.807) is 0 Å². The van der Waals surface area contributed by atoms with Crippen molar-refractivity contribution in [2.45, 2.75) is 26.4 Å². The highest BCUT2D eigenvalue weighted by Crippen LogP contribution is 2.23. The molecule has 2 aromatic rings. The van der Waals surface area contributed by atoms with Gasteiger partial charge in [0.05, 0.1) is 23.7 Å². The minimum atomic E-state index is -0.103. The predicted molar refractivity (Wildman–Crippen MR) is 68.6 cm³/mol. The van der Waals surface area contributed by atoms with Gasteiger partial charge in [0.2, 0.25) is 0 Å². The number of aliphatic hydroxyl groups excluding tert-OH is 1. The van der Waals surface area contributed by atoms with Gasteiger partial charge in [-0.15, -0.1) is 0 Å². The van der Waals surface area contributed by atoms with Gasteiger partial charge in [-0.1, -0.05) is 26.0 Å². The first-order valence-electron chi connectivity index (χ1n) is 5.96. The minimum absolute atomic E-state index is 0.0954. The lowest BCUT2D eigenvalue weighted by Crippen LogP contribution is -2.22. The summed E-state index contributed by atoms with van der Waals surface area (Å²) < 4.78 is 2.01. The normalized spacial score (nSPS) is 13.5. The largest absolute Gasteiger partial charge is 0.395 e. The molecule has 1 heterocycles. The number of nitrogens with two attached hydrogens (primary N) is 1. The highest BCUT2D eigenvalue weighted by molar-refractivity contribution is 5.76. The molecule has 0 spiro atoms. The van der Waals surface area contributed by atoms with Gasteiger partial charge in [0, 0.05) is 6.54 Å². The molecule has 4 heteroatoms. The summed E-state index contributed by atoms with van der Waals surface area (Å²) in [6.45, 7) is 4.79. The van der Waals surface area contributed by atoms with Crippen LogP contribution in [0.5, 0.6) is 0 Å². The number of fused-ring (bicyclic) bond motifs is 1. The van der Waals surface area contributed by atoms with E-state index in [0.717, 1.165) is 16.9 Å². The fourth-order valence-electron chi connectivity index (χ4n) is 1.98. The van der Waals surface area contributed by atoms with Crippen LogP contribution < -0.4 is 5.73 Å². The van der Waals surface area contributed by atoms with Crippen molar-refractivity contribution in [3.63, 3.8) is 0 Å². The zero-order valence-corrected chi connectivity index (χ0v) is 10.3. The first-order chi connectivity index (χ1) is 8.15. The Hall–Kier alpha value is -1.39. The van der Waals surface area contributed by atoms with Crippen LogP contribution in [-0.2, 0) is 6.54 Å². The second-order valence-corrected chi connectivity index (χ2v) is 4.60. The van der Waals surface area contributed by atoms with E-state index >= 15 is 0 Å². The Balaban J connectivity index is 2.57. The molecule has 1 aromatic carbocycles. The number of nitrogens with zero attached hydrogens (tertiary/aromatic N) is 2. The molecule has 0 radical (unpaired) electrons. The predicted octanol–water partition coefficient (Wildman–Crippen LogP) is 1.68. The van der Waals surface area contributed by atoms with Gasteiger partial charge in [-0.3, -0.25) is 0 Å². The van der Waals surface area contributed by atoms with E-state index in [1.165, 1.54) is 0 Å². The minimum Gasteiger partial charge on any atom is -0.395 e. The molecule has 0 unspecified atom stereocenters. The fourth-order valence-corrected chi connectivity index (χ4v) is 1.98. The maximum absolute atomic E-state index is 9.15. The van der Waals surface area contributed by atoms with Gasteiger partial charge in [-0.05, 0) is 18.1 Å². The third-order valence-corrected chi connectivity index (χ3v) is 3.02. The lowest BCUT2D eigenvalue weighted by atomic mass is 10.1. The van der Waals surface area contributed by atoms with E-state index in [-0.39, 0.29) is 12.6 Å². The summed E-state index contributed by atoms with van der Waals surface area (Å²) in [6.07, 6.45) is 0. The average molecular weight is 233 g/mol. The van der Waals surface area contributed by atoms with Crippen molar-refractivity contribution in [1.82, 2.24) is 9.55 Å². The Morgan fingerprint density at radius 2 is 2.06 bits per heavy atom. The van der Waals surface area contributed by atoms with Crippen LogP contribution in [0.3, 0.4) is 0 Å². The van der Waals surface area contributed by atoms with E-state index in [1.807, 2.05) is 28.8 Å². The molecule has 0 aliphatic carbocycles. The van der Waals surface area contributed by atoms with Crippen molar-refractivity contribution in [3.8, 4) is 0 Å². The molecule has 17 heavy (non-hydrogen) atoms. The third-order valence-electron chi connectivity index (χ3n) is 3.02. The Morgan fingerprint density at radius 3 is 2.71 bits per heavy atom. The number of imidazole rings is 1. The Labute approximate surface area is 101 Å². The van der Waals surface area contributed by atoms with Crippen LogP contribution in [0, 0.1) is 5.92 Å². The van der Waals surface area contributed by atoms with Gasteiger partial charge in [-0.2, -0.15) is 0 Å². The topological polar surface area (TPSA) is 64.1 Å². The van der Waals surface area contributed by atoms with Gasteiger partial charge >= 0.3 is 0 Å². The molecule has 0 saturated carbocycles. The monoisotopic (exact) mass is 233 g/mol. The maximum atomic E-state index is 9.15. The van der Waals surface area contributed by atoms with Crippen molar-refractivity contribution in [2.24, 2.45) is 11.7 Å². The summed E-state index contributed by atoms with van der Waals surface area (Å²) in [5.41, 5.74) is 8.14. The standard InChI is InChI=1S/C13H19N3O/c1-9(2)12(14)13-15-10-5-3-4-6-11(10)16(13)7-8-17/h3-6,9,12,17H,7-8,14H2,1-2H3/t12-/m1/s1. The van der Waals surface area contributed by atoms with Crippen LogP contribution in [-0.4, -0.2) is 21.3 Å². The average Bonchev–Trinajstić information content (AvgIpc) is 2.68. The molecule has 0 bridgehead atoms. The molecule has 0 amide bonds. The summed E-state index contributed by atoms with van der Waals surface area (Å²) in [5, 5.41) is 9.15. The number of aliphatic hydroxyl groups is 1. The van der Waals surface area contributed by atoms with Gasteiger partial charge in [0.15, 0.2) is 0 Å². The third kappa shape index (κ3) is 2.18. The van der Waals surface area contributed by atoms with Crippen LogP contribution in [0.15, 0.2) is 24.3 Å². The second kappa shape index (κ2) is 4.85. The number of hydrogen-bond acceptors (Lipinski definition) is 3. The molecule has 0 aliphatic heterocycles. The second-order valence-electron chi connectivity index (χ2n) is 4.60.